The first kappa shape index (κ1) is 12.9. The van der Waals surface area contributed by atoms with E-state index in [2.05, 4.69) is 0 Å². The average molecular weight is 227 g/mol. The second-order valence-electron chi connectivity index (χ2n) is 5.04. The molecule has 1 aromatic rings. The number of halogens is 1. The van der Waals surface area contributed by atoms with E-state index < -0.39 is 23.4 Å². The summed E-state index contributed by atoms with van der Waals surface area (Å²) in [6.45, 7) is 5.48. The summed E-state index contributed by atoms with van der Waals surface area (Å²) in [7, 11) is 0. The van der Waals surface area contributed by atoms with Crippen LogP contribution in [0.25, 0.3) is 0 Å². The van der Waals surface area contributed by atoms with Crippen LogP contribution in [0.1, 0.15) is 32.4 Å². The normalized spacial score (nSPS) is 15.9. The van der Waals surface area contributed by atoms with E-state index in [4.69, 9.17) is 5.73 Å². The van der Waals surface area contributed by atoms with Crippen LogP contribution in [0.15, 0.2) is 18.2 Å². The number of phenolic OH excluding ortho intramolecular Hbond substituents is 1. The van der Waals surface area contributed by atoms with Crippen LogP contribution in [0.5, 0.6) is 5.75 Å². The fraction of sp³-hybridized carbons (Fsp3) is 0.500. The zero-order valence-electron chi connectivity index (χ0n) is 9.74. The zero-order chi connectivity index (χ0) is 12.5. The molecule has 0 bridgehead atoms. The molecule has 0 spiro atoms. The van der Waals surface area contributed by atoms with Crippen molar-refractivity contribution in [2.24, 2.45) is 11.1 Å². The molecule has 0 aliphatic heterocycles. The number of rotatable bonds is 2. The third-order valence-corrected chi connectivity index (χ3v) is 2.58. The van der Waals surface area contributed by atoms with Crippen LogP contribution in [0, 0.1) is 11.2 Å². The van der Waals surface area contributed by atoms with Crippen LogP contribution in [0.2, 0.25) is 0 Å². The summed E-state index contributed by atoms with van der Waals surface area (Å²) in [5.41, 5.74) is 5.61. The lowest BCUT2D eigenvalue weighted by Crippen LogP contribution is -2.37. The lowest BCUT2D eigenvalue weighted by Gasteiger charge is -2.31. The third-order valence-electron chi connectivity index (χ3n) is 2.58. The van der Waals surface area contributed by atoms with E-state index in [1.807, 2.05) is 20.8 Å². The standard InChI is InChI=1S/C12H18FNO2/c1-12(2,3)11(16)10(14)8-6-7(13)4-5-9(8)15/h4-6,10-11,15-16H,14H2,1-3H3/t10-,11-/m0/s1. The topological polar surface area (TPSA) is 66.5 Å². The molecule has 2 atom stereocenters. The molecule has 0 aliphatic carbocycles. The minimum absolute atomic E-state index is 0.0998. The van der Waals surface area contributed by atoms with E-state index in [9.17, 15) is 14.6 Å². The molecule has 4 N–H and O–H groups in total. The second-order valence-corrected chi connectivity index (χ2v) is 5.04. The summed E-state index contributed by atoms with van der Waals surface area (Å²) in [6, 6.07) is 2.72. The van der Waals surface area contributed by atoms with Gasteiger partial charge in [-0.25, -0.2) is 4.39 Å². The van der Waals surface area contributed by atoms with Gasteiger partial charge in [-0.2, -0.15) is 0 Å². The summed E-state index contributed by atoms with van der Waals surface area (Å²) in [5, 5.41) is 19.5. The van der Waals surface area contributed by atoms with Crippen LogP contribution in [0.3, 0.4) is 0 Å². The molecule has 0 saturated heterocycles. The molecular formula is C12H18FNO2. The van der Waals surface area contributed by atoms with Gasteiger partial charge in [0.05, 0.1) is 12.1 Å². The van der Waals surface area contributed by atoms with Crippen molar-refractivity contribution in [1.82, 2.24) is 0 Å². The van der Waals surface area contributed by atoms with Crippen molar-refractivity contribution >= 4 is 0 Å². The van der Waals surface area contributed by atoms with Gasteiger partial charge in [0.2, 0.25) is 0 Å². The highest BCUT2D eigenvalue weighted by molar-refractivity contribution is 5.35. The predicted molar refractivity (Wildman–Crippen MR) is 60.5 cm³/mol. The molecule has 0 aromatic heterocycles. The second kappa shape index (κ2) is 4.39. The molecule has 4 heteroatoms. The maximum atomic E-state index is 13.0. The Bertz CT molecular complexity index is 374. The van der Waals surface area contributed by atoms with E-state index in [0.717, 1.165) is 12.1 Å². The number of phenols is 1. The molecule has 3 nitrogen and oxygen atoms in total. The molecule has 0 saturated carbocycles. The van der Waals surface area contributed by atoms with Crippen molar-refractivity contribution in [3.8, 4) is 5.75 Å². The van der Waals surface area contributed by atoms with Crippen molar-refractivity contribution in [3.63, 3.8) is 0 Å². The number of aliphatic hydroxyl groups excluding tert-OH is 1. The molecule has 1 rings (SSSR count). The molecule has 90 valence electrons. The van der Waals surface area contributed by atoms with Gasteiger partial charge in [-0.15, -0.1) is 0 Å². The third kappa shape index (κ3) is 2.71. The predicted octanol–water partition coefficient (Wildman–Crippen LogP) is 1.94. The van der Waals surface area contributed by atoms with Crippen molar-refractivity contribution in [3.05, 3.63) is 29.6 Å². The number of aliphatic hydroxyl groups is 1. The highest BCUT2D eigenvalue weighted by atomic mass is 19.1. The van der Waals surface area contributed by atoms with Gasteiger partial charge in [0, 0.05) is 5.56 Å². The monoisotopic (exact) mass is 227 g/mol. The Morgan fingerprint density at radius 2 is 1.88 bits per heavy atom. The molecule has 0 amide bonds. The molecule has 16 heavy (non-hydrogen) atoms. The maximum absolute atomic E-state index is 13.0. The zero-order valence-corrected chi connectivity index (χ0v) is 9.74. The molecule has 0 unspecified atom stereocenters. The Morgan fingerprint density at radius 1 is 1.31 bits per heavy atom. The average Bonchev–Trinajstić information content (AvgIpc) is 2.18. The van der Waals surface area contributed by atoms with Crippen LogP contribution >= 0.6 is 0 Å². The Hall–Kier alpha value is -1.13. The minimum atomic E-state index is -0.861. The quantitative estimate of drug-likeness (QED) is 0.723. The van der Waals surface area contributed by atoms with Crippen molar-refractivity contribution < 1.29 is 14.6 Å². The van der Waals surface area contributed by atoms with Crippen LogP contribution < -0.4 is 5.73 Å². The summed E-state index contributed by atoms with van der Waals surface area (Å²) in [4.78, 5) is 0. The summed E-state index contributed by atoms with van der Waals surface area (Å²) < 4.78 is 13.0. The minimum Gasteiger partial charge on any atom is -0.508 e. The first-order valence-electron chi connectivity index (χ1n) is 5.15. The lowest BCUT2D eigenvalue weighted by atomic mass is 9.82. The van der Waals surface area contributed by atoms with E-state index >= 15 is 0 Å². The van der Waals surface area contributed by atoms with E-state index in [-0.39, 0.29) is 11.3 Å². The molecular weight excluding hydrogens is 209 g/mol. The van der Waals surface area contributed by atoms with Gasteiger partial charge in [-0.1, -0.05) is 20.8 Å². The van der Waals surface area contributed by atoms with Gasteiger partial charge in [0.1, 0.15) is 11.6 Å². The molecule has 0 heterocycles. The smallest absolute Gasteiger partial charge is 0.123 e. The van der Waals surface area contributed by atoms with Crippen LogP contribution in [-0.4, -0.2) is 16.3 Å². The Kier molecular flexibility index (Phi) is 3.55. The van der Waals surface area contributed by atoms with Gasteiger partial charge < -0.3 is 15.9 Å². The fourth-order valence-electron chi connectivity index (χ4n) is 1.50. The first-order chi connectivity index (χ1) is 7.23. The summed E-state index contributed by atoms with van der Waals surface area (Å²) in [6.07, 6.45) is -0.861. The SMILES string of the molecule is CC(C)(C)[C@@H](O)[C@@H](N)c1cc(F)ccc1O. The lowest BCUT2D eigenvalue weighted by molar-refractivity contribution is 0.0394. The molecule has 1 aromatic carbocycles. The van der Waals surface area contributed by atoms with E-state index in [1.165, 1.54) is 6.07 Å². The largest absolute Gasteiger partial charge is 0.508 e. The highest BCUT2D eigenvalue weighted by Crippen LogP contribution is 2.32. The Labute approximate surface area is 94.7 Å². The van der Waals surface area contributed by atoms with Crippen molar-refractivity contribution in [2.45, 2.75) is 32.9 Å². The number of benzene rings is 1. The van der Waals surface area contributed by atoms with Crippen molar-refractivity contribution in [1.29, 1.82) is 0 Å². The number of hydrogen-bond donors (Lipinski definition) is 3. The molecule has 0 aliphatic rings. The van der Waals surface area contributed by atoms with Gasteiger partial charge in [0.25, 0.3) is 0 Å². The van der Waals surface area contributed by atoms with E-state index in [1.54, 1.807) is 0 Å². The maximum Gasteiger partial charge on any atom is 0.123 e. The number of nitrogens with two attached hydrogens (primary N) is 1. The van der Waals surface area contributed by atoms with Gasteiger partial charge >= 0.3 is 0 Å². The van der Waals surface area contributed by atoms with E-state index in [0.29, 0.717) is 0 Å². The van der Waals surface area contributed by atoms with Gasteiger partial charge in [-0.3, -0.25) is 0 Å². The number of hydrogen-bond acceptors (Lipinski definition) is 3. The van der Waals surface area contributed by atoms with Crippen LogP contribution in [0.4, 0.5) is 4.39 Å². The highest BCUT2D eigenvalue weighted by Gasteiger charge is 2.30. The van der Waals surface area contributed by atoms with Crippen LogP contribution in [-0.2, 0) is 0 Å². The molecule has 0 radical (unpaired) electrons. The summed E-state index contributed by atoms with van der Waals surface area (Å²) >= 11 is 0. The Morgan fingerprint density at radius 3 is 2.38 bits per heavy atom. The number of aromatic hydroxyl groups is 1. The van der Waals surface area contributed by atoms with Gasteiger partial charge in [0.15, 0.2) is 0 Å². The van der Waals surface area contributed by atoms with Crippen molar-refractivity contribution in [2.75, 3.05) is 0 Å². The molecule has 0 fully saturated rings. The Balaban J connectivity index is 3.05. The fourth-order valence-corrected chi connectivity index (χ4v) is 1.50. The first-order valence-corrected chi connectivity index (χ1v) is 5.15. The van der Waals surface area contributed by atoms with Gasteiger partial charge in [-0.05, 0) is 23.6 Å². The summed E-state index contributed by atoms with van der Waals surface area (Å²) in [5.74, 6) is -0.582.